The summed E-state index contributed by atoms with van der Waals surface area (Å²) in [6.07, 6.45) is 0.756. The number of rotatable bonds is 7. The van der Waals surface area contributed by atoms with Gasteiger partial charge in [0.05, 0.1) is 12.3 Å². The van der Waals surface area contributed by atoms with Crippen LogP contribution < -0.4 is 15.0 Å². The minimum atomic E-state index is -4.51. The van der Waals surface area contributed by atoms with Gasteiger partial charge < -0.3 is 14.7 Å². The van der Waals surface area contributed by atoms with Crippen molar-refractivity contribution < 1.29 is 22.3 Å². The summed E-state index contributed by atoms with van der Waals surface area (Å²) in [5.74, 6) is 0.0275. The number of aliphatic hydroxyl groups is 1. The first kappa shape index (κ1) is 15.7. The largest absolute Gasteiger partial charge is 0.446 e. The second kappa shape index (κ2) is 6.71. The average Bonchev–Trinajstić information content (AvgIpc) is 2.30. The van der Waals surface area contributed by atoms with Crippen LogP contribution in [0.25, 0.3) is 0 Å². The maximum Gasteiger partial charge on any atom is 0.446 e. The molecule has 0 saturated heterocycles. The van der Waals surface area contributed by atoms with Crippen molar-refractivity contribution in [2.75, 3.05) is 12.0 Å². The van der Waals surface area contributed by atoms with E-state index in [9.17, 15) is 8.42 Å². The van der Waals surface area contributed by atoms with E-state index in [1.54, 1.807) is 13.0 Å². The van der Waals surface area contributed by atoms with E-state index < -0.39 is 10.4 Å². The Morgan fingerprint density at radius 1 is 1.42 bits per heavy atom. The summed E-state index contributed by atoms with van der Waals surface area (Å²) in [7, 11) is -4.51. The number of hydrazine groups is 1. The summed E-state index contributed by atoms with van der Waals surface area (Å²) < 4.78 is 34.0. The smallest absolute Gasteiger partial charge is 0.395 e. The Kier molecular flexibility index (Phi) is 5.55. The topological polar surface area (TPSA) is 108 Å². The van der Waals surface area contributed by atoms with Gasteiger partial charge in [-0.05, 0) is 37.1 Å². The van der Waals surface area contributed by atoms with E-state index in [-0.39, 0.29) is 18.4 Å². The van der Waals surface area contributed by atoms with Crippen LogP contribution in [0.3, 0.4) is 0 Å². The van der Waals surface area contributed by atoms with Crippen molar-refractivity contribution in [1.82, 2.24) is 5.43 Å². The molecule has 4 N–H and O–H groups in total. The molecule has 7 nitrogen and oxygen atoms in total. The third-order valence-electron chi connectivity index (χ3n) is 2.52. The fourth-order valence-electron chi connectivity index (χ4n) is 1.41. The van der Waals surface area contributed by atoms with Crippen molar-refractivity contribution in [1.29, 1.82) is 0 Å². The first-order valence-electron chi connectivity index (χ1n) is 5.75. The zero-order valence-electron chi connectivity index (χ0n) is 10.8. The molecule has 0 aliphatic carbocycles. The molecule has 1 rings (SSSR count). The number of anilines is 1. The van der Waals surface area contributed by atoms with E-state index in [0.717, 1.165) is 17.7 Å². The minimum Gasteiger partial charge on any atom is -0.395 e. The fourth-order valence-corrected chi connectivity index (χ4v) is 1.75. The van der Waals surface area contributed by atoms with Crippen LogP contribution >= 0.6 is 0 Å². The van der Waals surface area contributed by atoms with Crippen LogP contribution in [0.4, 0.5) is 5.69 Å². The number of aliphatic hydroxyl groups excluding tert-OH is 1. The van der Waals surface area contributed by atoms with Crippen molar-refractivity contribution in [2.24, 2.45) is 0 Å². The third-order valence-corrected chi connectivity index (χ3v) is 2.93. The molecule has 0 saturated carbocycles. The monoisotopic (exact) mass is 290 g/mol. The minimum absolute atomic E-state index is 0.00645. The van der Waals surface area contributed by atoms with E-state index in [2.05, 4.69) is 15.0 Å². The molecule has 0 aliphatic heterocycles. The number of aryl methyl sites for hydroxylation is 1. The van der Waals surface area contributed by atoms with Crippen molar-refractivity contribution in [2.45, 2.75) is 26.3 Å². The molecule has 1 aromatic carbocycles. The second-order valence-electron chi connectivity index (χ2n) is 4.04. The molecule has 0 heterocycles. The van der Waals surface area contributed by atoms with Crippen LogP contribution in [0.5, 0.6) is 5.75 Å². The Morgan fingerprint density at radius 2 is 2.11 bits per heavy atom. The SMILES string of the molecule is CCC(CO)NNc1ccc(OS(=O)(=O)O)cc1C. The molecule has 0 spiro atoms. The van der Waals surface area contributed by atoms with Crippen LogP contribution in [0.15, 0.2) is 18.2 Å². The highest BCUT2D eigenvalue weighted by Crippen LogP contribution is 2.21. The van der Waals surface area contributed by atoms with E-state index in [4.69, 9.17) is 9.66 Å². The van der Waals surface area contributed by atoms with Gasteiger partial charge in [0.25, 0.3) is 0 Å². The van der Waals surface area contributed by atoms with E-state index >= 15 is 0 Å². The normalized spacial score (nSPS) is 13.1. The Balaban J connectivity index is 2.72. The van der Waals surface area contributed by atoms with E-state index in [0.29, 0.717) is 0 Å². The van der Waals surface area contributed by atoms with Gasteiger partial charge in [0, 0.05) is 6.04 Å². The van der Waals surface area contributed by atoms with Crippen molar-refractivity contribution in [3.63, 3.8) is 0 Å². The van der Waals surface area contributed by atoms with Gasteiger partial charge in [0.15, 0.2) is 0 Å². The molecule has 108 valence electrons. The summed E-state index contributed by atoms with van der Waals surface area (Å²) in [4.78, 5) is 0. The van der Waals surface area contributed by atoms with Crippen LogP contribution in [-0.4, -0.2) is 30.7 Å². The van der Waals surface area contributed by atoms with Crippen molar-refractivity contribution in [3.05, 3.63) is 23.8 Å². The molecule has 8 heteroatoms. The molecule has 0 radical (unpaired) electrons. The number of hydrogen-bond acceptors (Lipinski definition) is 6. The maximum absolute atomic E-state index is 10.6. The van der Waals surface area contributed by atoms with E-state index in [1.165, 1.54) is 12.1 Å². The average molecular weight is 290 g/mol. The van der Waals surface area contributed by atoms with Crippen LogP contribution in [-0.2, 0) is 10.4 Å². The second-order valence-corrected chi connectivity index (χ2v) is 5.07. The van der Waals surface area contributed by atoms with Crippen LogP contribution in [0.2, 0.25) is 0 Å². The lowest BCUT2D eigenvalue weighted by Gasteiger charge is -2.17. The zero-order chi connectivity index (χ0) is 14.5. The predicted octanol–water partition coefficient (Wildman–Crippen LogP) is 0.864. The Hall–Kier alpha value is -1.35. The lowest BCUT2D eigenvalue weighted by atomic mass is 10.2. The zero-order valence-corrected chi connectivity index (χ0v) is 11.6. The molecule has 0 aromatic heterocycles. The summed E-state index contributed by atoms with van der Waals surface area (Å²) in [5, 5.41) is 9.03. The number of nitrogens with one attached hydrogen (secondary N) is 2. The maximum atomic E-state index is 10.6. The summed E-state index contributed by atoms with van der Waals surface area (Å²) in [6.45, 7) is 3.69. The van der Waals surface area contributed by atoms with Gasteiger partial charge in [-0.25, -0.2) is 5.43 Å². The highest BCUT2D eigenvalue weighted by Gasteiger charge is 2.09. The van der Waals surface area contributed by atoms with Gasteiger partial charge in [-0.15, -0.1) is 0 Å². The molecule has 0 bridgehead atoms. The van der Waals surface area contributed by atoms with Gasteiger partial charge in [0.1, 0.15) is 5.75 Å². The van der Waals surface area contributed by atoms with Crippen molar-refractivity contribution in [3.8, 4) is 5.75 Å². The summed E-state index contributed by atoms with van der Waals surface area (Å²) >= 11 is 0. The van der Waals surface area contributed by atoms with Gasteiger partial charge >= 0.3 is 10.4 Å². The van der Waals surface area contributed by atoms with Gasteiger partial charge in [-0.2, -0.15) is 8.42 Å². The van der Waals surface area contributed by atoms with Crippen LogP contribution in [0.1, 0.15) is 18.9 Å². The third kappa shape index (κ3) is 5.43. The standard InChI is InChI=1S/C11H18N2O5S/c1-3-9(7-14)12-13-11-5-4-10(6-8(11)2)18-19(15,16)17/h4-6,9,12-14H,3,7H2,1-2H3,(H,15,16,17). The lowest BCUT2D eigenvalue weighted by molar-refractivity contribution is 0.245. The molecular formula is C11H18N2O5S. The molecule has 1 unspecified atom stereocenters. The van der Waals surface area contributed by atoms with Gasteiger partial charge in [-0.3, -0.25) is 4.55 Å². The number of benzene rings is 1. The lowest BCUT2D eigenvalue weighted by Crippen LogP contribution is -2.36. The molecular weight excluding hydrogens is 272 g/mol. The van der Waals surface area contributed by atoms with Gasteiger partial charge in [0.2, 0.25) is 0 Å². The molecule has 0 fully saturated rings. The predicted molar refractivity (Wildman–Crippen MR) is 71.3 cm³/mol. The van der Waals surface area contributed by atoms with Gasteiger partial charge in [-0.1, -0.05) is 6.92 Å². The van der Waals surface area contributed by atoms with Crippen molar-refractivity contribution >= 4 is 16.1 Å². The first-order chi connectivity index (χ1) is 8.85. The molecule has 19 heavy (non-hydrogen) atoms. The Labute approximate surface area is 112 Å². The summed E-state index contributed by atoms with van der Waals surface area (Å²) in [5.41, 5.74) is 7.30. The number of hydrogen-bond donors (Lipinski definition) is 4. The molecule has 1 aromatic rings. The highest BCUT2D eigenvalue weighted by molar-refractivity contribution is 7.81. The molecule has 0 aliphatic rings. The Morgan fingerprint density at radius 3 is 2.58 bits per heavy atom. The summed E-state index contributed by atoms with van der Waals surface area (Å²) in [6, 6.07) is 4.41. The highest BCUT2D eigenvalue weighted by atomic mass is 32.3. The van der Waals surface area contributed by atoms with E-state index in [1.807, 2.05) is 6.92 Å². The van der Waals surface area contributed by atoms with Crippen LogP contribution in [0, 0.1) is 6.92 Å². The Bertz CT molecular complexity index is 514. The fraction of sp³-hybridized carbons (Fsp3) is 0.455. The quantitative estimate of drug-likeness (QED) is 0.436. The molecule has 0 amide bonds. The molecule has 1 atom stereocenters. The first-order valence-corrected chi connectivity index (χ1v) is 7.12.